The van der Waals surface area contributed by atoms with Crippen LogP contribution in [0.5, 0.6) is 0 Å². The van der Waals surface area contributed by atoms with Gasteiger partial charge in [-0.2, -0.15) is 0 Å². The highest BCUT2D eigenvalue weighted by Crippen LogP contribution is 2.31. The average Bonchev–Trinajstić information content (AvgIpc) is 2.41. The fraction of sp³-hybridized carbons (Fsp3) is 0.647. The van der Waals surface area contributed by atoms with Crippen LogP contribution in [0.4, 0.5) is 8.78 Å². The number of hydrogen-bond acceptors (Lipinski definition) is 0. The van der Waals surface area contributed by atoms with Crippen LogP contribution in [0.15, 0.2) is 36.0 Å². The Labute approximate surface area is 119 Å². The number of halogens is 2. The fourth-order valence-corrected chi connectivity index (χ4v) is 1.47. The van der Waals surface area contributed by atoms with Crippen LogP contribution in [0.25, 0.3) is 0 Å². The van der Waals surface area contributed by atoms with Crippen LogP contribution < -0.4 is 0 Å². The number of alkyl halides is 2. The van der Waals surface area contributed by atoms with E-state index in [0.29, 0.717) is 5.57 Å². The smallest absolute Gasteiger partial charge is 0.202 e. The molecule has 1 atom stereocenters. The Morgan fingerprint density at radius 3 is 1.84 bits per heavy atom. The minimum atomic E-state index is -2.82. The highest BCUT2D eigenvalue weighted by molar-refractivity contribution is 5.37. The van der Waals surface area contributed by atoms with E-state index in [1.54, 1.807) is 12.2 Å². The quantitative estimate of drug-likeness (QED) is 0.484. The molecule has 0 aromatic rings. The molecule has 0 rings (SSSR count). The zero-order valence-electron chi connectivity index (χ0n) is 14.0. The van der Waals surface area contributed by atoms with E-state index < -0.39 is 5.92 Å². The molecule has 0 nitrogen and oxygen atoms in total. The molecule has 0 heterocycles. The third kappa shape index (κ3) is 9.63. The van der Waals surface area contributed by atoms with E-state index in [-0.39, 0.29) is 11.5 Å². The molecule has 0 fully saturated rings. The molecule has 0 bridgehead atoms. The molecular formula is C17H32F2. The maximum Gasteiger partial charge on any atom is 0.270 e. The van der Waals surface area contributed by atoms with Gasteiger partial charge in [0.15, 0.2) is 0 Å². The van der Waals surface area contributed by atoms with Crippen molar-refractivity contribution in [2.75, 3.05) is 0 Å². The standard InChI is InChI=1S/C13H20F2.2C2H6/c1-6-9-11(10(4)7-2)12(8-3)13(5,14)15;2*1-2/h6,8-10H,3,7H2,1-2,4-5H3;2*1-2H3/b9-6-,12-11-;;. The lowest BCUT2D eigenvalue weighted by Crippen LogP contribution is -2.16. The molecule has 0 N–H and O–H groups in total. The monoisotopic (exact) mass is 274 g/mol. The molecule has 2 heteroatoms. The van der Waals surface area contributed by atoms with Crippen molar-refractivity contribution < 1.29 is 8.78 Å². The SMILES string of the molecule is C=C/C(=C(\C=C/C)C(C)CC)C(C)(F)F.CC.CC. The Kier molecular flexibility index (Phi) is 16.5. The number of rotatable bonds is 5. The molecule has 0 amide bonds. The van der Waals surface area contributed by atoms with Gasteiger partial charge in [-0.05, 0) is 24.8 Å². The van der Waals surface area contributed by atoms with Crippen LogP contribution in [0.2, 0.25) is 0 Å². The zero-order chi connectivity index (χ0) is 16.1. The van der Waals surface area contributed by atoms with Gasteiger partial charge in [-0.3, -0.25) is 0 Å². The summed E-state index contributed by atoms with van der Waals surface area (Å²) in [6.07, 6.45) is 5.65. The first-order valence-electron chi connectivity index (χ1n) is 7.26. The molecule has 0 aliphatic rings. The Morgan fingerprint density at radius 1 is 1.21 bits per heavy atom. The molecule has 0 saturated heterocycles. The van der Waals surface area contributed by atoms with Crippen molar-refractivity contribution in [2.24, 2.45) is 5.92 Å². The maximum absolute atomic E-state index is 13.3. The number of hydrogen-bond donors (Lipinski definition) is 0. The molecular weight excluding hydrogens is 242 g/mol. The maximum atomic E-state index is 13.3. The van der Waals surface area contributed by atoms with Gasteiger partial charge in [0, 0.05) is 12.5 Å². The van der Waals surface area contributed by atoms with Gasteiger partial charge in [0.1, 0.15) is 0 Å². The topological polar surface area (TPSA) is 0 Å². The van der Waals surface area contributed by atoms with E-state index in [1.807, 2.05) is 48.5 Å². The van der Waals surface area contributed by atoms with E-state index in [9.17, 15) is 8.78 Å². The van der Waals surface area contributed by atoms with Crippen LogP contribution in [0.3, 0.4) is 0 Å². The van der Waals surface area contributed by atoms with Crippen LogP contribution in [0, 0.1) is 5.92 Å². The van der Waals surface area contributed by atoms with Gasteiger partial charge in [0.2, 0.25) is 0 Å². The van der Waals surface area contributed by atoms with E-state index in [2.05, 4.69) is 6.58 Å². The summed E-state index contributed by atoms with van der Waals surface area (Å²) in [7, 11) is 0. The lowest BCUT2D eigenvalue weighted by Gasteiger charge is -2.19. The molecule has 0 saturated carbocycles. The minimum Gasteiger partial charge on any atom is -0.202 e. The van der Waals surface area contributed by atoms with Crippen LogP contribution >= 0.6 is 0 Å². The summed E-state index contributed by atoms with van der Waals surface area (Å²) >= 11 is 0. The first-order valence-corrected chi connectivity index (χ1v) is 7.26. The number of allylic oxidation sites excluding steroid dienone is 5. The van der Waals surface area contributed by atoms with Gasteiger partial charge < -0.3 is 0 Å². The van der Waals surface area contributed by atoms with E-state index in [1.165, 1.54) is 6.08 Å². The van der Waals surface area contributed by atoms with Crippen molar-refractivity contribution in [3.8, 4) is 0 Å². The van der Waals surface area contributed by atoms with Gasteiger partial charge in [-0.25, -0.2) is 8.78 Å². The summed E-state index contributed by atoms with van der Waals surface area (Å²) in [6, 6.07) is 0. The van der Waals surface area contributed by atoms with Crippen LogP contribution in [0.1, 0.15) is 61.8 Å². The predicted molar refractivity (Wildman–Crippen MR) is 84.8 cm³/mol. The lowest BCUT2D eigenvalue weighted by molar-refractivity contribution is 0.0660. The summed E-state index contributed by atoms with van der Waals surface area (Å²) in [6.45, 7) is 18.2. The van der Waals surface area contributed by atoms with Gasteiger partial charge >= 0.3 is 0 Å². The van der Waals surface area contributed by atoms with Crippen molar-refractivity contribution in [3.63, 3.8) is 0 Å². The first-order chi connectivity index (χ1) is 8.88. The Balaban J connectivity index is -0.000000579. The van der Waals surface area contributed by atoms with Gasteiger partial charge in [0.25, 0.3) is 5.92 Å². The minimum absolute atomic E-state index is 0.0370. The fourth-order valence-electron chi connectivity index (χ4n) is 1.47. The molecule has 0 radical (unpaired) electrons. The molecule has 0 aliphatic heterocycles. The Hall–Kier alpha value is -0.920. The van der Waals surface area contributed by atoms with E-state index in [4.69, 9.17) is 0 Å². The Bertz CT molecular complexity index is 267. The molecule has 114 valence electrons. The highest BCUT2D eigenvalue weighted by Gasteiger charge is 2.28. The van der Waals surface area contributed by atoms with Crippen molar-refractivity contribution in [3.05, 3.63) is 36.0 Å². The summed E-state index contributed by atoms with van der Waals surface area (Å²) < 4.78 is 26.6. The van der Waals surface area contributed by atoms with E-state index in [0.717, 1.165) is 13.3 Å². The molecule has 0 aromatic carbocycles. The molecule has 19 heavy (non-hydrogen) atoms. The first kappa shape index (κ1) is 23.2. The third-order valence-electron chi connectivity index (χ3n) is 2.48. The summed E-state index contributed by atoms with van der Waals surface area (Å²) in [5, 5.41) is 0. The second-order valence-electron chi connectivity index (χ2n) is 3.77. The van der Waals surface area contributed by atoms with Crippen molar-refractivity contribution in [1.29, 1.82) is 0 Å². The predicted octanol–water partition coefficient (Wildman–Crippen LogP) is 6.80. The molecule has 0 aromatic heterocycles. The van der Waals surface area contributed by atoms with Crippen molar-refractivity contribution in [2.45, 2.75) is 67.7 Å². The van der Waals surface area contributed by atoms with Gasteiger partial charge in [-0.15, -0.1) is 0 Å². The second kappa shape index (κ2) is 13.5. The van der Waals surface area contributed by atoms with Gasteiger partial charge in [0.05, 0.1) is 0 Å². The second-order valence-corrected chi connectivity index (χ2v) is 3.77. The largest absolute Gasteiger partial charge is 0.270 e. The lowest BCUT2D eigenvalue weighted by atomic mass is 9.90. The van der Waals surface area contributed by atoms with Crippen LogP contribution in [-0.4, -0.2) is 5.92 Å². The summed E-state index contributed by atoms with van der Waals surface area (Å²) in [4.78, 5) is 0. The van der Waals surface area contributed by atoms with Crippen LogP contribution in [-0.2, 0) is 0 Å². The molecule has 0 spiro atoms. The Morgan fingerprint density at radius 2 is 1.63 bits per heavy atom. The van der Waals surface area contributed by atoms with E-state index >= 15 is 0 Å². The average molecular weight is 274 g/mol. The van der Waals surface area contributed by atoms with Crippen molar-refractivity contribution in [1.82, 2.24) is 0 Å². The summed E-state index contributed by atoms with van der Waals surface area (Å²) in [5.41, 5.74) is 0.720. The normalized spacial score (nSPS) is 13.6. The molecule has 1 unspecified atom stereocenters. The summed E-state index contributed by atoms with van der Waals surface area (Å²) in [5.74, 6) is -2.69. The van der Waals surface area contributed by atoms with Gasteiger partial charge in [-0.1, -0.05) is 66.3 Å². The molecule has 0 aliphatic carbocycles. The third-order valence-corrected chi connectivity index (χ3v) is 2.48. The highest BCUT2D eigenvalue weighted by atomic mass is 19.3. The zero-order valence-corrected chi connectivity index (χ0v) is 14.0. The van der Waals surface area contributed by atoms with Crippen molar-refractivity contribution >= 4 is 0 Å².